The third kappa shape index (κ3) is 3.64. The first kappa shape index (κ1) is 18.5. The number of thioether (sulfide) groups is 1. The molecule has 5 heteroatoms. The Bertz CT molecular complexity index is 1010. The second kappa shape index (κ2) is 7.56. The smallest absolute Gasteiger partial charge is 0.189 e. The lowest BCUT2D eigenvalue weighted by molar-refractivity contribution is -0.128. The van der Waals surface area contributed by atoms with Crippen LogP contribution in [-0.4, -0.2) is 16.3 Å². The summed E-state index contributed by atoms with van der Waals surface area (Å²) in [6, 6.07) is 18.4. The van der Waals surface area contributed by atoms with E-state index in [1.165, 1.54) is 43.0 Å². The predicted molar refractivity (Wildman–Crippen MR) is 108 cm³/mol. The van der Waals surface area contributed by atoms with Gasteiger partial charge >= 0.3 is 0 Å². The molecule has 0 aliphatic rings. The molecule has 2 aromatic carbocycles. The van der Waals surface area contributed by atoms with Gasteiger partial charge in [0, 0.05) is 22.6 Å². The fourth-order valence-corrected chi connectivity index (χ4v) is 5.57. The van der Waals surface area contributed by atoms with Crippen molar-refractivity contribution in [1.82, 2.24) is 0 Å². The Morgan fingerprint density at radius 1 is 0.962 bits per heavy atom. The van der Waals surface area contributed by atoms with Gasteiger partial charge in [0.15, 0.2) is 17.0 Å². The summed E-state index contributed by atoms with van der Waals surface area (Å²) in [5.41, 5.74) is 0.820. The van der Waals surface area contributed by atoms with Gasteiger partial charge in [-0.2, -0.15) is 0 Å². The van der Waals surface area contributed by atoms with Crippen LogP contribution in [0.25, 0.3) is 10.1 Å². The molecular formula is C21H18O3S2. The number of ketones is 2. The summed E-state index contributed by atoms with van der Waals surface area (Å²) >= 11 is 2.63. The monoisotopic (exact) mass is 382 g/mol. The zero-order valence-corrected chi connectivity index (χ0v) is 16.2. The number of hydrogen-bond donors (Lipinski definition) is 0. The second-order valence-electron chi connectivity index (χ2n) is 6.13. The Labute approximate surface area is 160 Å². The van der Waals surface area contributed by atoms with Crippen molar-refractivity contribution in [3.05, 3.63) is 76.5 Å². The van der Waals surface area contributed by atoms with Crippen molar-refractivity contribution >= 4 is 44.8 Å². The van der Waals surface area contributed by atoms with Crippen LogP contribution in [0.15, 0.2) is 69.7 Å². The molecule has 0 N–H and O–H groups in total. The quantitative estimate of drug-likeness (QED) is 0.465. The van der Waals surface area contributed by atoms with Gasteiger partial charge < -0.3 is 0 Å². The van der Waals surface area contributed by atoms with Gasteiger partial charge in [0.25, 0.3) is 0 Å². The summed E-state index contributed by atoms with van der Waals surface area (Å²) in [6.07, 6.45) is 0.302. The van der Waals surface area contributed by atoms with Crippen LogP contribution in [0.2, 0.25) is 0 Å². The number of fused-ring (bicyclic) bond motifs is 1. The highest BCUT2D eigenvalue weighted by Crippen LogP contribution is 2.40. The fourth-order valence-electron chi connectivity index (χ4n) is 2.86. The lowest BCUT2D eigenvalue weighted by Crippen LogP contribution is -2.43. The highest BCUT2D eigenvalue weighted by atomic mass is 32.2. The van der Waals surface area contributed by atoms with Crippen LogP contribution in [0.5, 0.6) is 0 Å². The molecule has 0 aliphatic heterocycles. The maximum atomic E-state index is 12.5. The minimum Gasteiger partial charge on any atom is -0.298 e. The fraction of sp³-hybridized carbons (Fsp3) is 0.190. The van der Waals surface area contributed by atoms with Crippen LogP contribution in [0.3, 0.4) is 0 Å². The number of Topliss-reactive ketones (excluding diaryl/α,β-unsaturated/α-hetero) is 2. The Morgan fingerprint density at radius 2 is 1.58 bits per heavy atom. The molecule has 1 heterocycles. The second-order valence-corrected chi connectivity index (χ2v) is 8.81. The standard InChI is InChI=1S/C21H18O3S2/c1-14(22)21(15(2)23,13-16-8-4-3-5-9-16)26-20-12-18(24)17-10-6-7-11-19(17)25-20/h3-12H,13H2,1-2H3. The molecule has 3 rings (SSSR count). The van der Waals surface area contributed by atoms with Crippen LogP contribution >= 0.6 is 23.1 Å². The molecule has 0 atom stereocenters. The number of rotatable bonds is 6. The first-order valence-corrected chi connectivity index (χ1v) is 9.83. The van der Waals surface area contributed by atoms with E-state index in [2.05, 4.69) is 0 Å². The Hall–Kier alpha value is -2.24. The van der Waals surface area contributed by atoms with Gasteiger partial charge in [0.05, 0.1) is 4.21 Å². The van der Waals surface area contributed by atoms with Gasteiger partial charge in [-0.15, -0.1) is 11.3 Å². The Kier molecular flexibility index (Phi) is 5.39. The molecule has 0 bridgehead atoms. The zero-order valence-electron chi connectivity index (χ0n) is 14.5. The third-order valence-corrected chi connectivity index (χ3v) is 7.10. The highest BCUT2D eigenvalue weighted by Gasteiger charge is 2.42. The molecule has 1 aromatic heterocycles. The van der Waals surface area contributed by atoms with Gasteiger partial charge in [-0.25, -0.2) is 0 Å². The van der Waals surface area contributed by atoms with Gasteiger partial charge in [-0.3, -0.25) is 14.4 Å². The molecule has 0 aliphatic carbocycles. The maximum absolute atomic E-state index is 12.5. The predicted octanol–water partition coefficient (Wildman–Crippen LogP) is 4.51. The SMILES string of the molecule is CC(=O)C(Cc1ccccc1)(Sc1cc(=O)c2ccccc2s1)C(C)=O. The van der Waals surface area contributed by atoms with Crippen molar-refractivity contribution in [1.29, 1.82) is 0 Å². The third-order valence-electron chi connectivity index (χ3n) is 4.32. The van der Waals surface area contributed by atoms with Crippen LogP contribution in [-0.2, 0) is 16.0 Å². The lowest BCUT2D eigenvalue weighted by atomic mass is 9.91. The maximum Gasteiger partial charge on any atom is 0.189 e. The average molecular weight is 383 g/mol. The van der Waals surface area contributed by atoms with Crippen LogP contribution in [0, 0.1) is 0 Å². The van der Waals surface area contributed by atoms with Gasteiger partial charge in [0.1, 0.15) is 4.75 Å². The van der Waals surface area contributed by atoms with E-state index in [9.17, 15) is 14.4 Å². The largest absolute Gasteiger partial charge is 0.298 e. The average Bonchev–Trinajstić information content (AvgIpc) is 2.61. The van der Waals surface area contributed by atoms with Gasteiger partial charge in [-0.1, -0.05) is 54.2 Å². The topological polar surface area (TPSA) is 51.2 Å². The number of hydrogen-bond acceptors (Lipinski definition) is 5. The summed E-state index contributed by atoms with van der Waals surface area (Å²) in [4.78, 5) is 37.5. The Morgan fingerprint density at radius 3 is 2.23 bits per heavy atom. The molecule has 3 aromatic rings. The summed E-state index contributed by atoms with van der Waals surface area (Å²) in [6.45, 7) is 2.89. The number of carbonyl (C=O) groups is 2. The molecule has 0 spiro atoms. The molecular weight excluding hydrogens is 364 g/mol. The van der Waals surface area contributed by atoms with E-state index in [-0.39, 0.29) is 17.0 Å². The molecule has 26 heavy (non-hydrogen) atoms. The van der Waals surface area contributed by atoms with E-state index < -0.39 is 4.75 Å². The van der Waals surface area contributed by atoms with E-state index in [0.29, 0.717) is 16.0 Å². The number of carbonyl (C=O) groups excluding carboxylic acids is 2. The lowest BCUT2D eigenvalue weighted by Gasteiger charge is -2.28. The normalized spacial score (nSPS) is 11.5. The van der Waals surface area contributed by atoms with E-state index in [4.69, 9.17) is 0 Å². The summed E-state index contributed by atoms with van der Waals surface area (Å²) in [5.74, 6) is -0.404. The summed E-state index contributed by atoms with van der Waals surface area (Å²) < 4.78 is 0.297. The van der Waals surface area contributed by atoms with Crippen molar-refractivity contribution in [2.45, 2.75) is 29.2 Å². The zero-order chi connectivity index (χ0) is 18.7. The van der Waals surface area contributed by atoms with Crippen LogP contribution in [0.4, 0.5) is 0 Å². The first-order valence-electron chi connectivity index (χ1n) is 8.20. The molecule has 0 amide bonds. The van der Waals surface area contributed by atoms with Crippen LogP contribution < -0.4 is 5.43 Å². The molecule has 0 saturated carbocycles. The van der Waals surface area contributed by atoms with E-state index in [0.717, 1.165) is 10.3 Å². The minimum absolute atomic E-state index is 0.0948. The number of benzene rings is 2. The molecule has 0 unspecified atom stereocenters. The van der Waals surface area contributed by atoms with Gasteiger partial charge in [0.2, 0.25) is 0 Å². The Balaban J connectivity index is 2.07. The molecule has 0 saturated heterocycles. The van der Waals surface area contributed by atoms with Gasteiger partial charge in [-0.05, 0) is 31.5 Å². The van der Waals surface area contributed by atoms with E-state index in [1.54, 1.807) is 6.07 Å². The molecule has 3 nitrogen and oxygen atoms in total. The van der Waals surface area contributed by atoms with Crippen molar-refractivity contribution in [3.8, 4) is 0 Å². The molecule has 0 radical (unpaired) electrons. The highest BCUT2D eigenvalue weighted by molar-refractivity contribution is 8.04. The molecule has 0 fully saturated rings. The minimum atomic E-state index is -1.23. The van der Waals surface area contributed by atoms with Crippen molar-refractivity contribution in [2.75, 3.05) is 0 Å². The summed E-state index contributed by atoms with van der Waals surface area (Å²) in [5, 5.41) is 0.654. The van der Waals surface area contributed by atoms with E-state index >= 15 is 0 Å². The first-order chi connectivity index (χ1) is 12.4. The molecule has 132 valence electrons. The van der Waals surface area contributed by atoms with Crippen molar-refractivity contribution < 1.29 is 9.59 Å². The van der Waals surface area contributed by atoms with Crippen molar-refractivity contribution in [3.63, 3.8) is 0 Å². The van der Waals surface area contributed by atoms with Crippen molar-refractivity contribution in [2.24, 2.45) is 0 Å². The summed E-state index contributed by atoms with van der Waals surface area (Å²) in [7, 11) is 0. The van der Waals surface area contributed by atoms with E-state index in [1.807, 2.05) is 48.5 Å². The van der Waals surface area contributed by atoms with Crippen LogP contribution in [0.1, 0.15) is 19.4 Å².